The van der Waals surface area contributed by atoms with E-state index in [0.717, 1.165) is 47.6 Å². The molecule has 1 aliphatic heterocycles. The quantitative estimate of drug-likeness (QED) is 0.775. The zero-order chi connectivity index (χ0) is 17.3. The molecule has 0 saturated heterocycles. The van der Waals surface area contributed by atoms with Crippen molar-refractivity contribution in [2.45, 2.75) is 32.7 Å². The van der Waals surface area contributed by atoms with E-state index in [-0.39, 0.29) is 24.4 Å². The highest BCUT2D eigenvalue weighted by molar-refractivity contribution is 6.31. The first kappa shape index (κ1) is 19.4. The lowest BCUT2D eigenvalue weighted by Gasteiger charge is -2.36. The van der Waals surface area contributed by atoms with Crippen LogP contribution in [-0.2, 0) is 11.2 Å². The number of halogens is 2. The number of hydrogen-bond acceptors (Lipinski definition) is 3. The van der Waals surface area contributed by atoms with Crippen LogP contribution in [0.4, 0.5) is 17.1 Å². The Balaban J connectivity index is 0.00000225. The first-order valence-electron chi connectivity index (χ1n) is 8.18. The van der Waals surface area contributed by atoms with Gasteiger partial charge in [0.25, 0.3) is 0 Å². The first-order valence-corrected chi connectivity index (χ1v) is 8.56. The predicted octanol–water partition coefficient (Wildman–Crippen LogP) is 4.43. The molecule has 2 aromatic carbocycles. The average molecular weight is 380 g/mol. The fraction of sp³-hybridized carbons (Fsp3) is 0.316. The minimum absolute atomic E-state index is 0. The van der Waals surface area contributed by atoms with E-state index in [0.29, 0.717) is 5.02 Å². The van der Waals surface area contributed by atoms with Crippen LogP contribution >= 0.6 is 24.0 Å². The molecule has 1 unspecified atom stereocenters. The van der Waals surface area contributed by atoms with Gasteiger partial charge in [0.2, 0.25) is 5.91 Å². The van der Waals surface area contributed by atoms with E-state index in [9.17, 15) is 4.79 Å². The van der Waals surface area contributed by atoms with Gasteiger partial charge in [0, 0.05) is 28.6 Å². The molecule has 0 aliphatic carbocycles. The Bertz CT molecular complexity index is 779. The Morgan fingerprint density at radius 2 is 2.08 bits per heavy atom. The molecule has 134 valence electrons. The van der Waals surface area contributed by atoms with Crippen LogP contribution in [0.2, 0.25) is 5.02 Å². The number of carbonyl (C=O) groups excluding carboxylic acids is 1. The molecule has 6 heteroatoms. The van der Waals surface area contributed by atoms with Crippen LogP contribution in [-0.4, -0.2) is 18.5 Å². The summed E-state index contributed by atoms with van der Waals surface area (Å²) in [5, 5.41) is 3.61. The number of carbonyl (C=O) groups is 1. The summed E-state index contributed by atoms with van der Waals surface area (Å²) in [5.41, 5.74) is 10.8. The zero-order valence-corrected chi connectivity index (χ0v) is 16.0. The maximum absolute atomic E-state index is 12.7. The summed E-state index contributed by atoms with van der Waals surface area (Å²) in [6.07, 6.45) is 1.95. The van der Waals surface area contributed by atoms with Gasteiger partial charge in [0.1, 0.15) is 6.04 Å². The Morgan fingerprint density at radius 1 is 1.32 bits per heavy atom. The van der Waals surface area contributed by atoms with E-state index in [2.05, 4.69) is 10.2 Å². The maximum atomic E-state index is 12.7. The Hall–Kier alpha value is -1.91. The SMILES string of the molecule is Cc1ccc(Cl)cc1NC(=O)C(C)N1CCCc2c(N)cccc21.Cl. The summed E-state index contributed by atoms with van der Waals surface area (Å²) < 4.78 is 0. The standard InChI is InChI=1S/C19H22ClN3O.ClH/c1-12-8-9-14(20)11-17(12)22-19(24)13(2)23-10-4-5-15-16(21)6-3-7-18(15)23;/h3,6-9,11,13H,4-5,10,21H2,1-2H3,(H,22,24);1H. The van der Waals surface area contributed by atoms with Crippen LogP contribution in [0.25, 0.3) is 0 Å². The average Bonchev–Trinajstić information content (AvgIpc) is 2.57. The van der Waals surface area contributed by atoms with Crippen molar-refractivity contribution < 1.29 is 4.79 Å². The lowest BCUT2D eigenvalue weighted by molar-refractivity contribution is -0.117. The van der Waals surface area contributed by atoms with E-state index in [1.165, 1.54) is 0 Å². The molecular formula is C19H23Cl2N3O. The van der Waals surface area contributed by atoms with Crippen molar-refractivity contribution in [2.24, 2.45) is 0 Å². The molecule has 0 fully saturated rings. The van der Waals surface area contributed by atoms with Gasteiger partial charge in [-0.05, 0) is 62.1 Å². The third-order valence-corrected chi connectivity index (χ3v) is 4.86. The first-order chi connectivity index (χ1) is 11.5. The van der Waals surface area contributed by atoms with Crippen LogP contribution in [0.3, 0.4) is 0 Å². The van der Waals surface area contributed by atoms with Gasteiger partial charge >= 0.3 is 0 Å². The number of anilines is 3. The lowest BCUT2D eigenvalue weighted by Crippen LogP contribution is -2.44. The summed E-state index contributed by atoms with van der Waals surface area (Å²) in [4.78, 5) is 14.9. The number of nitrogen functional groups attached to an aromatic ring is 1. The van der Waals surface area contributed by atoms with E-state index in [1.54, 1.807) is 6.07 Å². The second-order valence-electron chi connectivity index (χ2n) is 6.27. The second kappa shape index (κ2) is 7.98. The summed E-state index contributed by atoms with van der Waals surface area (Å²) in [5.74, 6) is -0.0457. The third-order valence-electron chi connectivity index (χ3n) is 4.63. The van der Waals surface area contributed by atoms with Crippen molar-refractivity contribution in [2.75, 3.05) is 22.5 Å². The Kier molecular flexibility index (Phi) is 6.20. The van der Waals surface area contributed by atoms with Gasteiger partial charge in [-0.15, -0.1) is 12.4 Å². The highest BCUT2D eigenvalue weighted by Crippen LogP contribution is 2.32. The van der Waals surface area contributed by atoms with Crippen molar-refractivity contribution in [3.05, 3.63) is 52.5 Å². The summed E-state index contributed by atoms with van der Waals surface area (Å²) in [6, 6.07) is 11.1. The molecule has 3 N–H and O–H groups in total. The highest BCUT2D eigenvalue weighted by atomic mass is 35.5. The molecular weight excluding hydrogens is 357 g/mol. The maximum Gasteiger partial charge on any atom is 0.246 e. The molecule has 1 aliphatic rings. The van der Waals surface area contributed by atoms with E-state index in [1.807, 2.05) is 44.2 Å². The van der Waals surface area contributed by atoms with Gasteiger partial charge in [-0.3, -0.25) is 4.79 Å². The molecule has 1 amide bonds. The van der Waals surface area contributed by atoms with Gasteiger partial charge < -0.3 is 16.0 Å². The van der Waals surface area contributed by atoms with E-state index < -0.39 is 0 Å². The molecule has 3 rings (SSSR count). The number of nitrogens with one attached hydrogen (secondary N) is 1. The van der Waals surface area contributed by atoms with Gasteiger partial charge in [0.05, 0.1) is 0 Å². The number of benzene rings is 2. The number of amides is 1. The highest BCUT2D eigenvalue weighted by Gasteiger charge is 2.27. The summed E-state index contributed by atoms with van der Waals surface area (Å²) in [6.45, 7) is 4.72. The molecule has 4 nitrogen and oxygen atoms in total. The van der Waals surface area contributed by atoms with Gasteiger partial charge in [-0.1, -0.05) is 23.7 Å². The fourth-order valence-electron chi connectivity index (χ4n) is 3.19. The Morgan fingerprint density at radius 3 is 2.84 bits per heavy atom. The molecule has 0 saturated carbocycles. The summed E-state index contributed by atoms with van der Waals surface area (Å²) in [7, 11) is 0. The number of hydrogen-bond donors (Lipinski definition) is 2. The predicted molar refractivity (Wildman–Crippen MR) is 108 cm³/mol. The number of nitrogens with two attached hydrogens (primary N) is 1. The lowest BCUT2D eigenvalue weighted by atomic mass is 9.98. The monoisotopic (exact) mass is 379 g/mol. The van der Waals surface area contributed by atoms with Gasteiger partial charge in [0.15, 0.2) is 0 Å². The van der Waals surface area contributed by atoms with Crippen LogP contribution in [0.1, 0.15) is 24.5 Å². The normalized spacial score (nSPS) is 14.3. The fourth-order valence-corrected chi connectivity index (χ4v) is 3.36. The molecule has 0 radical (unpaired) electrons. The van der Waals surface area contributed by atoms with E-state index >= 15 is 0 Å². The molecule has 25 heavy (non-hydrogen) atoms. The molecule has 0 aromatic heterocycles. The molecule has 2 aromatic rings. The smallest absolute Gasteiger partial charge is 0.246 e. The van der Waals surface area contributed by atoms with Crippen molar-refractivity contribution in [1.29, 1.82) is 0 Å². The van der Waals surface area contributed by atoms with Crippen molar-refractivity contribution in [3.63, 3.8) is 0 Å². The van der Waals surface area contributed by atoms with Crippen LogP contribution in [0, 0.1) is 6.92 Å². The van der Waals surface area contributed by atoms with Crippen LogP contribution < -0.4 is 16.0 Å². The van der Waals surface area contributed by atoms with Crippen LogP contribution in [0.15, 0.2) is 36.4 Å². The van der Waals surface area contributed by atoms with Crippen molar-refractivity contribution in [1.82, 2.24) is 0 Å². The molecule has 1 heterocycles. The van der Waals surface area contributed by atoms with Crippen molar-refractivity contribution >= 4 is 47.0 Å². The largest absolute Gasteiger partial charge is 0.398 e. The third kappa shape index (κ3) is 4.02. The van der Waals surface area contributed by atoms with Gasteiger partial charge in [-0.2, -0.15) is 0 Å². The number of nitrogens with zero attached hydrogens (tertiary/aromatic N) is 1. The molecule has 0 bridgehead atoms. The molecule has 0 spiro atoms. The summed E-state index contributed by atoms with van der Waals surface area (Å²) >= 11 is 6.04. The number of aryl methyl sites for hydroxylation is 1. The number of rotatable bonds is 3. The van der Waals surface area contributed by atoms with Gasteiger partial charge in [-0.25, -0.2) is 0 Å². The van der Waals surface area contributed by atoms with Crippen molar-refractivity contribution in [3.8, 4) is 0 Å². The number of fused-ring (bicyclic) bond motifs is 1. The minimum Gasteiger partial charge on any atom is -0.398 e. The Labute approximate surface area is 159 Å². The second-order valence-corrected chi connectivity index (χ2v) is 6.70. The zero-order valence-electron chi connectivity index (χ0n) is 14.4. The molecule has 1 atom stereocenters. The topological polar surface area (TPSA) is 58.4 Å². The minimum atomic E-state index is -0.288. The van der Waals surface area contributed by atoms with E-state index in [4.69, 9.17) is 17.3 Å². The van der Waals surface area contributed by atoms with Crippen LogP contribution in [0.5, 0.6) is 0 Å².